The fraction of sp³-hybridized carbons (Fsp3) is 0.421. The summed E-state index contributed by atoms with van der Waals surface area (Å²) in [5.74, 6) is 0. The lowest BCUT2D eigenvalue weighted by atomic mass is 10.1. The van der Waals surface area contributed by atoms with E-state index in [0.717, 1.165) is 11.3 Å². The molecular weight excluding hydrogens is 324 g/mol. The molecule has 0 aliphatic rings. The molecule has 0 aliphatic carbocycles. The molecule has 24 heavy (non-hydrogen) atoms. The maximum absolute atomic E-state index is 10.2. The third kappa shape index (κ3) is 5.56. The van der Waals surface area contributed by atoms with Crippen LogP contribution in [0, 0.1) is 0 Å². The van der Waals surface area contributed by atoms with Gasteiger partial charge in [0.2, 0.25) is 0 Å². The van der Waals surface area contributed by atoms with Crippen molar-refractivity contribution in [3.05, 3.63) is 64.9 Å². The largest absolute Gasteiger partial charge is 0.389 e. The molecule has 0 radical (unpaired) electrons. The topological polar surface area (TPSA) is 45.6 Å². The summed E-state index contributed by atoms with van der Waals surface area (Å²) in [6.07, 6.45) is 1.14. The van der Waals surface area contributed by atoms with Crippen LogP contribution in [0.2, 0.25) is 5.02 Å². The summed E-state index contributed by atoms with van der Waals surface area (Å²) in [5.41, 5.74) is 2.03. The molecule has 2 rings (SSSR count). The predicted molar refractivity (Wildman–Crippen MR) is 97.1 cm³/mol. The number of benzene rings is 1. The summed E-state index contributed by atoms with van der Waals surface area (Å²) in [6, 6.07) is 13.6. The molecule has 3 atom stereocenters. The molecule has 1 aromatic carbocycles. The predicted octanol–water partition coefficient (Wildman–Crippen LogP) is 3.87. The molecule has 1 aromatic heterocycles. The molecule has 5 heteroatoms. The standard InChI is InChI=1S/C19H25ClN2O2/c1-14(19-6-4-5-11-21-19)22(3)12-18(23)13-24-15(2)16-7-9-17(20)10-8-16/h4-11,14-15,18,23H,12-13H2,1-3H3. The lowest BCUT2D eigenvalue weighted by molar-refractivity contribution is -0.0168. The number of hydrogen-bond acceptors (Lipinski definition) is 4. The van der Waals surface area contributed by atoms with Gasteiger partial charge in [0, 0.05) is 23.8 Å². The first-order chi connectivity index (χ1) is 11.5. The van der Waals surface area contributed by atoms with Gasteiger partial charge in [-0.2, -0.15) is 0 Å². The molecule has 130 valence electrons. The van der Waals surface area contributed by atoms with Crippen molar-refractivity contribution in [1.29, 1.82) is 0 Å². The fourth-order valence-electron chi connectivity index (χ4n) is 2.48. The van der Waals surface area contributed by atoms with Crippen LogP contribution in [-0.2, 0) is 4.74 Å². The summed E-state index contributed by atoms with van der Waals surface area (Å²) in [6.45, 7) is 4.84. The van der Waals surface area contributed by atoms with Gasteiger partial charge in [0.1, 0.15) is 0 Å². The molecule has 0 spiro atoms. The highest BCUT2D eigenvalue weighted by molar-refractivity contribution is 6.30. The summed E-state index contributed by atoms with van der Waals surface area (Å²) < 4.78 is 5.78. The van der Waals surface area contributed by atoms with Crippen molar-refractivity contribution in [2.75, 3.05) is 20.2 Å². The zero-order valence-corrected chi connectivity index (χ0v) is 15.1. The quantitative estimate of drug-likeness (QED) is 0.786. The molecule has 4 nitrogen and oxygen atoms in total. The van der Waals surface area contributed by atoms with E-state index in [-0.39, 0.29) is 18.8 Å². The number of likely N-dealkylation sites (N-methyl/N-ethyl adjacent to an activating group) is 1. The number of halogens is 1. The molecule has 0 saturated heterocycles. The van der Waals surface area contributed by atoms with Gasteiger partial charge in [-0.05, 0) is 50.7 Å². The first-order valence-corrected chi connectivity index (χ1v) is 8.51. The van der Waals surface area contributed by atoms with Gasteiger partial charge in [0.05, 0.1) is 24.5 Å². The summed E-state index contributed by atoms with van der Waals surface area (Å²) in [5, 5.41) is 11.0. The maximum Gasteiger partial charge on any atom is 0.0900 e. The fourth-order valence-corrected chi connectivity index (χ4v) is 2.60. The molecule has 0 bridgehead atoms. The number of rotatable bonds is 8. The third-order valence-corrected chi connectivity index (χ3v) is 4.41. The number of hydrogen-bond donors (Lipinski definition) is 1. The molecule has 0 amide bonds. The second-order valence-corrected chi connectivity index (χ2v) is 6.49. The molecule has 0 fully saturated rings. The minimum absolute atomic E-state index is 0.0876. The highest BCUT2D eigenvalue weighted by atomic mass is 35.5. The summed E-state index contributed by atoms with van der Waals surface area (Å²) in [7, 11) is 1.98. The molecule has 1 N–H and O–H groups in total. The van der Waals surface area contributed by atoms with Crippen LogP contribution >= 0.6 is 11.6 Å². The van der Waals surface area contributed by atoms with Crippen LogP contribution < -0.4 is 0 Å². The Hall–Kier alpha value is -1.46. The van der Waals surface area contributed by atoms with E-state index in [1.165, 1.54) is 0 Å². The Kier molecular flexibility index (Phi) is 7.18. The smallest absolute Gasteiger partial charge is 0.0900 e. The van der Waals surface area contributed by atoms with Crippen LogP contribution in [0.5, 0.6) is 0 Å². The number of ether oxygens (including phenoxy) is 1. The van der Waals surface area contributed by atoms with Crippen molar-refractivity contribution in [2.24, 2.45) is 0 Å². The Balaban J connectivity index is 1.80. The minimum Gasteiger partial charge on any atom is -0.389 e. The first kappa shape index (κ1) is 18.9. The van der Waals surface area contributed by atoms with Crippen molar-refractivity contribution in [2.45, 2.75) is 32.1 Å². The Bertz CT molecular complexity index is 607. The number of aromatic nitrogens is 1. The third-order valence-electron chi connectivity index (χ3n) is 4.15. The van der Waals surface area contributed by atoms with E-state index in [9.17, 15) is 5.11 Å². The van der Waals surface area contributed by atoms with E-state index in [1.807, 2.05) is 56.4 Å². The first-order valence-electron chi connectivity index (χ1n) is 8.13. The zero-order chi connectivity index (χ0) is 17.5. The van der Waals surface area contributed by atoms with Crippen LogP contribution in [0.4, 0.5) is 0 Å². The van der Waals surface area contributed by atoms with Gasteiger partial charge in [0.25, 0.3) is 0 Å². The molecule has 2 aromatic rings. The van der Waals surface area contributed by atoms with Crippen molar-refractivity contribution in [3.8, 4) is 0 Å². The lowest BCUT2D eigenvalue weighted by Crippen LogP contribution is -2.34. The Morgan fingerprint density at radius 3 is 2.50 bits per heavy atom. The van der Waals surface area contributed by atoms with Crippen molar-refractivity contribution < 1.29 is 9.84 Å². The van der Waals surface area contributed by atoms with E-state index in [1.54, 1.807) is 6.20 Å². The van der Waals surface area contributed by atoms with Gasteiger partial charge in [-0.1, -0.05) is 29.8 Å². The van der Waals surface area contributed by atoms with Crippen LogP contribution in [0.1, 0.15) is 37.3 Å². The van der Waals surface area contributed by atoms with Gasteiger partial charge in [-0.25, -0.2) is 0 Å². The van der Waals surface area contributed by atoms with Crippen molar-refractivity contribution in [3.63, 3.8) is 0 Å². The molecule has 1 heterocycles. The highest BCUT2D eigenvalue weighted by Gasteiger charge is 2.17. The number of aliphatic hydroxyl groups is 1. The van der Waals surface area contributed by atoms with E-state index in [2.05, 4.69) is 16.8 Å². The maximum atomic E-state index is 10.2. The van der Waals surface area contributed by atoms with Gasteiger partial charge in [-0.15, -0.1) is 0 Å². The number of pyridine rings is 1. The minimum atomic E-state index is -0.559. The monoisotopic (exact) mass is 348 g/mol. The van der Waals surface area contributed by atoms with E-state index in [0.29, 0.717) is 11.6 Å². The van der Waals surface area contributed by atoms with E-state index in [4.69, 9.17) is 16.3 Å². The van der Waals surface area contributed by atoms with Crippen LogP contribution in [0.15, 0.2) is 48.7 Å². The Morgan fingerprint density at radius 2 is 1.88 bits per heavy atom. The number of nitrogens with zero attached hydrogens (tertiary/aromatic N) is 2. The van der Waals surface area contributed by atoms with E-state index >= 15 is 0 Å². The Morgan fingerprint density at radius 1 is 1.17 bits per heavy atom. The van der Waals surface area contributed by atoms with Gasteiger partial charge >= 0.3 is 0 Å². The number of aliphatic hydroxyl groups excluding tert-OH is 1. The van der Waals surface area contributed by atoms with Crippen LogP contribution in [-0.4, -0.2) is 41.3 Å². The van der Waals surface area contributed by atoms with Crippen molar-refractivity contribution >= 4 is 11.6 Å². The highest BCUT2D eigenvalue weighted by Crippen LogP contribution is 2.20. The lowest BCUT2D eigenvalue weighted by Gasteiger charge is -2.27. The second kappa shape index (κ2) is 9.14. The van der Waals surface area contributed by atoms with Crippen molar-refractivity contribution in [1.82, 2.24) is 9.88 Å². The van der Waals surface area contributed by atoms with Gasteiger partial charge in [0.15, 0.2) is 0 Å². The van der Waals surface area contributed by atoms with Crippen LogP contribution in [0.3, 0.4) is 0 Å². The Labute approximate surface area is 149 Å². The van der Waals surface area contributed by atoms with Gasteiger partial charge in [-0.3, -0.25) is 9.88 Å². The van der Waals surface area contributed by atoms with Crippen LogP contribution in [0.25, 0.3) is 0 Å². The summed E-state index contributed by atoms with van der Waals surface area (Å²) >= 11 is 5.89. The average molecular weight is 349 g/mol. The summed E-state index contributed by atoms with van der Waals surface area (Å²) in [4.78, 5) is 6.44. The molecule has 3 unspecified atom stereocenters. The SMILES string of the molecule is CC(OCC(O)CN(C)C(C)c1ccccn1)c1ccc(Cl)cc1. The second-order valence-electron chi connectivity index (χ2n) is 6.05. The molecule has 0 saturated carbocycles. The molecular formula is C19H25ClN2O2. The van der Waals surface area contributed by atoms with E-state index < -0.39 is 6.10 Å². The average Bonchev–Trinajstić information content (AvgIpc) is 2.60. The zero-order valence-electron chi connectivity index (χ0n) is 14.4. The van der Waals surface area contributed by atoms with Gasteiger partial charge < -0.3 is 9.84 Å². The normalized spacial score (nSPS) is 15.2. The molecule has 0 aliphatic heterocycles.